The molecule has 1 rings (SSSR count). The van der Waals surface area contributed by atoms with Gasteiger partial charge in [-0.15, -0.1) is 0 Å². The number of nitrogens with two attached hydrogens (primary N) is 1. The van der Waals surface area contributed by atoms with Crippen LogP contribution in [0.4, 0.5) is 0 Å². The van der Waals surface area contributed by atoms with Gasteiger partial charge in [0.15, 0.2) is 0 Å². The summed E-state index contributed by atoms with van der Waals surface area (Å²) in [5, 5.41) is 0. The highest BCUT2D eigenvalue weighted by Gasteiger charge is 2.34. The molecule has 3 heteroatoms. The zero-order chi connectivity index (χ0) is 9.73. The fraction of sp³-hybridized carbons (Fsp3) is 1.00. The van der Waals surface area contributed by atoms with Crippen molar-refractivity contribution < 1.29 is 9.47 Å². The van der Waals surface area contributed by atoms with Crippen LogP contribution >= 0.6 is 0 Å². The highest BCUT2D eigenvalue weighted by atomic mass is 16.5. The Bertz CT molecular complexity index is 146. The normalized spacial score (nSPS) is 28.4. The van der Waals surface area contributed by atoms with E-state index < -0.39 is 0 Å². The van der Waals surface area contributed by atoms with Crippen LogP contribution in [0.5, 0.6) is 0 Å². The van der Waals surface area contributed by atoms with Crippen molar-refractivity contribution in [1.29, 1.82) is 0 Å². The lowest BCUT2D eigenvalue weighted by Crippen LogP contribution is -2.53. The molecular weight excluding hydrogens is 166 g/mol. The minimum absolute atomic E-state index is 0.185. The first-order valence-corrected chi connectivity index (χ1v) is 5.08. The molecule has 2 atom stereocenters. The molecule has 0 saturated carbocycles. The molecule has 0 radical (unpaired) electrons. The zero-order valence-electron chi connectivity index (χ0n) is 8.71. The Morgan fingerprint density at radius 3 is 2.85 bits per heavy atom. The Morgan fingerprint density at radius 2 is 2.38 bits per heavy atom. The third-order valence-electron chi connectivity index (χ3n) is 3.04. The molecule has 2 unspecified atom stereocenters. The molecule has 13 heavy (non-hydrogen) atoms. The van der Waals surface area contributed by atoms with Crippen LogP contribution in [-0.2, 0) is 9.47 Å². The van der Waals surface area contributed by atoms with E-state index in [-0.39, 0.29) is 5.54 Å². The first-order chi connectivity index (χ1) is 6.23. The summed E-state index contributed by atoms with van der Waals surface area (Å²) >= 11 is 0. The molecule has 0 bridgehead atoms. The second-order valence-electron chi connectivity index (χ2n) is 3.93. The lowest BCUT2D eigenvalue weighted by molar-refractivity contribution is -0.00520. The van der Waals surface area contributed by atoms with Crippen molar-refractivity contribution in [3.63, 3.8) is 0 Å². The topological polar surface area (TPSA) is 44.5 Å². The maximum Gasteiger partial charge on any atom is 0.0645 e. The van der Waals surface area contributed by atoms with Crippen molar-refractivity contribution in [2.24, 2.45) is 11.7 Å². The van der Waals surface area contributed by atoms with Crippen LogP contribution < -0.4 is 5.73 Å². The molecule has 0 aromatic heterocycles. The largest absolute Gasteiger partial charge is 0.383 e. The molecule has 78 valence electrons. The van der Waals surface area contributed by atoms with Crippen LogP contribution in [0.15, 0.2) is 0 Å². The standard InChI is InChI=1S/C10H21NO2/c1-3-10(11,8-12-2)9-5-4-6-13-7-9/h9H,3-8,11H2,1-2H3. The second kappa shape index (κ2) is 4.94. The summed E-state index contributed by atoms with van der Waals surface area (Å²) in [4.78, 5) is 0. The highest BCUT2D eigenvalue weighted by molar-refractivity contribution is 4.91. The van der Waals surface area contributed by atoms with Gasteiger partial charge in [0.2, 0.25) is 0 Å². The molecule has 0 aliphatic carbocycles. The van der Waals surface area contributed by atoms with E-state index in [1.54, 1.807) is 7.11 Å². The minimum Gasteiger partial charge on any atom is -0.383 e. The molecule has 2 N–H and O–H groups in total. The van der Waals surface area contributed by atoms with Gasteiger partial charge >= 0.3 is 0 Å². The van der Waals surface area contributed by atoms with E-state index >= 15 is 0 Å². The third-order valence-corrected chi connectivity index (χ3v) is 3.04. The van der Waals surface area contributed by atoms with Crippen LogP contribution in [0.25, 0.3) is 0 Å². The van der Waals surface area contributed by atoms with Gasteiger partial charge in [0.05, 0.1) is 13.2 Å². The number of ether oxygens (including phenoxy) is 2. The summed E-state index contributed by atoms with van der Waals surface area (Å²) in [5.74, 6) is 0.464. The Hall–Kier alpha value is -0.120. The summed E-state index contributed by atoms with van der Waals surface area (Å²) in [6, 6.07) is 0. The smallest absolute Gasteiger partial charge is 0.0645 e. The van der Waals surface area contributed by atoms with Gasteiger partial charge in [-0.1, -0.05) is 6.92 Å². The second-order valence-corrected chi connectivity index (χ2v) is 3.93. The Balaban J connectivity index is 2.51. The number of hydrogen-bond acceptors (Lipinski definition) is 3. The Morgan fingerprint density at radius 1 is 1.62 bits per heavy atom. The summed E-state index contributed by atoms with van der Waals surface area (Å²) < 4.78 is 10.6. The third kappa shape index (κ3) is 2.66. The monoisotopic (exact) mass is 187 g/mol. The minimum atomic E-state index is -0.185. The molecule has 0 aromatic carbocycles. The maximum absolute atomic E-state index is 6.28. The van der Waals surface area contributed by atoms with E-state index in [1.165, 1.54) is 6.42 Å². The van der Waals surface area contributed by atoms with Crippen molar-refractivity contribution in [2.45, 2.75) is 31.7 Å². The number of methoxy groups -OCH3 is 1. The van der Waals surface area contributed by atoms with Gasteiger partial charge in [0, 0.05) is 25.2 Å². The van der Waals surface area contributed by atoms with Crippen molar-refractivity contribution in [3.05, 3.63) is 0 Å². The van der Waals surface area contributed by atoms with Gasteiger partial charge in [0.25, 0.3) is 0 Å². The molecule has 1 saturated heterocycles. The van der Waals surface area contributed by atoms with Crippen LogP contribution in [0.3, 0.4) is 0 Å². The van der Waals surface area contributed by atoms with E-state index in [0.29, 0.717) is 12.5 Å². The van der Waals surface area contributed by atoms with Crippen molar-refractivity contribution in [1.82, 2.24) is 0 Å². The summed E-state index contributed by atoms with van der Waals surface area (Å²) in [6.45, 7) is 4.45. The van der Waals surface area contributed by atoms with Gasteiger partial charge in [-0.25, -0.2) is 0 Å². The van der Waals surface area contributed by atoms with E-state index in [0.717, 1.165) is 26.1 Å². The van der Waals surface area contributed by atoms with Gasteiger partial charge in [-0.3, -0.25) is 0 Å². The summed E-state index contributed by atoms with van der Waals surface area (Å²) in [5.41, 5.74) is 6.09. The zero-order valence-corrected chi connectivity index (χ0v) is 8.71. The van der Waals surface area contributed by atoms with Gasteiger partial charge in [-0.2, -0.15) is 0 Å². The molecule has 1 aliphatic heterocycles. The molecular formula is C10H21NO2. The predicted molar refractivity (Wildman–Crippen MR) is 52.6 cm³/mol. The van der Waals surface area contributed by atoms with Gasteiger partial charge < -0.3 is 15.2 Å². The van der Waals surface area contributed by atoms with Crippen LogP contribution in [0.2, 0.25) is 0 Å². The Kier molecular flexibility index (Phi) is 4.16. The first kappa shape index (κ1) is 11.0. The molecule has 3 nitrogen and oxygen atoms in total. The molecule has 0 amide bonds. The van der Waals surface area contributed by atoms with Gasteiger partial charge in [-0.05, 0) is 19.3 Å². The van der Waals surface area contributed by atoms with E-state index in [2.05, 4.69) is 6.92 Å². The highest BCUT2D eigenvalue weighted by Crippen LogP contribution is 2.26. The Labute approximate surface area is 80.6 Å². The molecule has 0 spiro atoms. The van der Waals surface area contributed by atoms with Crippen LogP contribution in [0.1, 0.15) is 26.2 Å². The van der Waals surface area contributed by atoms with Gasteiger partial charge in [0.1, 0.15) is 0 Å². The first-order valence-electron chi connectivity index (χ1n) is 5.08. The van der Waals surface area contributed by atoms with E-state index in [1.807, 2.05) is 0 Å². The van der Waals surface area contributed by atoms with Crippen LogP contribution in [-0.4, -0.2) is 32.5 Å². The van der Waals surface area contributed by atoms with Crippen molar-refractivity contribution >= 4 is 0 Å². The molecule has 1 fully saturated rings. The van der Waals surface area contributed by atoms with E-state index in [4.69, 9.17) is 15.2 Å². The average molecular weight is 187 g/mol. The average Bonchev–Trinajstić information content (AvgIpc) is 2.19. The lowest BCUT2D eigenvalue weighted by atomic mass is 9.80. The number of rotatable bonds is 4. The summed E-state index contributed by atoms with van der Waals surface area (Å²) in [7, 11) is 1.71. The lowest BCUT2D eigenvalue weighted by Gasteiger charge is -2.38. The van der Waals surface area contributed by atoms with Crippen molar-refractivity contribution in [3.8, 4) is 0 Å². The fourth-order valence-corrected chi connectivity index (χ4v) is 1.97. The predicted octanol–water partition coefficient (Wildman–Crippen LogP) is 1.17. The van der Waals surface area contributed by atoms with Crippen molar-refractivity contribution in [2.75, 3.05) is 26.9 Å². The summed E-state index contributed by atoms with van der Waals surface area (Å²) in [6.07, 6.45) is 3.26. The molecule has 0 aromatic rings. The number of hydrogen-bond donors (Lipinski definition) is 1. The van der Waals surface area contributed by atoms with E-state index in [9.17, 15) is 0 Å². The molecule has 1 heterocycles. The fourth-order valence-electron chi connectivity index (χ4n) is 1.97. The quantitative estimate of drug-likeness (QED) is 0.718. The van der Waals surface area contributed by atoms with Crippen LogP contribution in [0, 0.1) is 5.92 Å². The molecule has 1 aliphatic rings. The maximum atomic E-state index is 6.28. The SMILES string of the molecule is CCC(N)(COC)C1CCCOC1.